The van der Waals surface area contributed by atoms with Gasteiger partial charge in [0, 0.05) is 28.7 Å². The average Bonchev–Trinajstić information content (AvgIpc) is 2.37. The zero-order valence-electron chi connectivity index (χ0n) is 10.4. The monoisotopic (exact) mass is 299 g/mol. The van der Waals surface area contributed by atoms with Crippen molar-refractivity contribution >= 4 is 25.6 Å². The van der Waals surface area contributed by atoms with Crippen LogP contribution >= 0.6 is 10.7 Å². The Morgan fingerprint density at radius 3 is 2.42 bits per heavy atom. The number of carbonyl (C=O) groups is 1. The summed E-state index contributed by atoms with van der Waals surface area (Å²) in [6, 6.07) is 5.31. The van der Waals surface area contributed by atoms with Crippen molar-refractivity contribution in [3.8, 4) is 12.3 Å². The maximum Gasteiger partial charge on any atom is 0.261 e. The number of benzene rings is 1. The van der Waals surface area contributed by atoms with Crippen LogP contribution in [0.2, 0.25) is 0 Å². The predicted octanol–water partition coefficient (Wildman–Crippen LogP) is 2.15. The zero-order valence-corrected chi connectivity index (χ0v) is 12.0. The molecule has 1 amide bonds. The summed E-state index contributed by atoms with van der Waals surface area (Å²) in [6.45, 7) is 1.92. The van der Waals surface area contributed by atoms with E-state index in [0.29, 0.717) is 12.0 Å². The van der Waals surface area contributed by atoms with Crippen molar-refractivity contribution in [1.29, 1.82) is 0 Å². The molecule has 1 unspecified atom stereocenters. The first-order valence-electron chi connectivity index (χ1n) is 5.67. The van der Waals surface area contributed by atoms with Crippen molar-refractivity contribution in [1.82, 2.24) is 5.32 Å². The lowest BCUT2D eigenvalue weighted by molar-refractivity contribution is 0.0936. The highest BCUT2D eigenvalue weighted by Gasteiger charge is 2.13. The van der Waals surface area contributed by atoms with Crippen LogP contribution in [0.15, 0.2) is 29.2 Å². The molecule has 102 valence electrons. The van der Waals surface area contributed by atoms with E-state index in [1.165, 1.54) is 24.3 Å². The number of amides is 1. The van der Waals surface area contributed by atoms with Gasteiger partial charge in [0.2, 0.25) is 0 Å². The number of halogens is 1. The maximum atomic E-state index is 11.9. The van der Waals surface area contributed by atoms with Crippen molar-refractivity contribution in [3.63, 3.8) is 0 Å². The molecule has 0 aliphatic carbocycles. The quantitative estimate of drug-likeness (QED) is 0.669. The fourth-order valence-electron chi connectivity index (χ4n) is 1.48. The maximum absolute atomic E-state index is 11.9. The minimum Gasteiger partial charge on any atom is -0.348 e. The summed E-state index contributed by atoms with van der Waals surface area (Å²) in [4.78, 5) is 11.8. The minimum atomic E-state index is -3.77. The molecule has 1 atom stereocenters. The number of hydrogen-bond acceptors (Lipinski definition) is 3. The van der Waals surface area contributed by atoms with Crippen LogP contribution in [0, 0.1) is 12.3 Å². The molecule has 0 bridgehead atoms. The highest BCUT2D eigenvalue weighted by Crippen LogP contribution is 2.15. The third-order valence-corrected chi connectivity index (χ3v) is 3.96. The molecular weight excluding hydrogens is 286 g/mol. The topological polar surface area (TPSA) is 63.2 Å². The van der Waals surface area contributed by atoms with Crippen LogP contribution in [0.1, 0.15) is 30.1 Å². The molecule has 0 heterocycles. The molecule has 0 saturated heterocycles. The lowest BCUT2D eigenvalue weighted by Crippen LogP contribution is -2.34. The Kier molecular flexibility index (Phi) is 5.40. The van der Waals surface area contributed by atoms with Crippen LogP contribution in [0.25, 0.3) is 0 Å². The molecule has 19 heavy (non-hydrogen) atoms. The molecule has 1 aromatic carbocycles. The predicted molar refractivity (Wildman–Crippen MR) is 74.5 cm³/mol. The average molecular weight is 300 g/mol. The Balaban J connectivity index is 2.82. The van der Waals surface area contributed by atoms with Crippen molar-refractivity contribution in [2.75, 3.05) is 0 Å². The van der Waals surface area contributed by atoms with Gasteiger partial charge in [0.1, 0.15) is 0 Å². The number of nitrogens with one attached hydrogen (secondary N) is 1. The Morgan fingerprint density at radius 2 is 2.00 bits per heavy atom. The first kappa shape index (κ1) is 15.5. The van der Waals surface area contributed by atoms with Gasteiger partial charge in [-0.15, -0.1) is 12.3 Å². The van der Waals surface area contributed by atoms with Crippen molar-refractivity contribution < 1.29 is 13.2 Å². The second-order valence-corrected chi connectivity index (χ2v) is 6.52. The SMILES string of the molecule is C#CCC(CC)NC(=O)c1ccc(S(=O)(=O)Cl)cc1. The normalized spacial score (nSPS) is 12.5. The number of terminal acetylenes is 1. The van der Waals surface area contributed by atoms with Crippen LogP contribution in [0.3, 0.4) is 0 Å². The van der Waals surface area contributed by atoms with Crippen LogP contribution in [-0.4, -0.2) is 20.4 Å². The molecule has 6 heteroatoms. The first-order valence-corrected chi connectivity index (χ1v) is 7.98. The summed E-state index contributed by atoms with van der Waals surface area (Å²) in [5.41, 5.74) is 0.361. The van der Waals surface area contributed by atoms with Gasteiger partial charge in [-0.05, 0) is 30.7 Å². The Hall–Kier alpha value is -1.51. The van der Waals surface area contributed by atoms with Gasteiger partial charge in [-0.2, -0.15) is 0 Å². The van der Waals surface area contributed by atoms with Gasteiger partial charge in [0.15, 0.2) is 0 Å². The molecule has 0 saturated carbocycles. The summed E-state index contributed by atoms with van der Waals surface area (Å²) in [6.07, 6.45) is 6.39. The van der Waals surface area contributed by atoms with Gasteiger partial charge >= 0.3 is 0 Å². The lowest BCUT2D eigenvalue weighted by atomic mass is 10.1. The number of rotatable bonds is 5. The van der Waals surface area contributed by atoms with E-state index >= 15 is 0 Å². The van der Waals surface area contributed by atoms with Crippen molar-refractivity contribution in [3.05, 3.63) is 29.8 Å². The first-order chi connectivity index (χ1) is 8.88. The molecule has 0 aromatic heterocycles. The molecule has 0 spiro atoms. The van der Waals surface area contributed by atoms with Crippen LogP contribution in [0.4, 0.5) is 0 Å². The van der Waals surface area contributed by atoms with Gasteiger partial charge in [0.25, 0.3) is 15.0 Å². The van der Waals surface area contributed by atoms with Crippen LogP contribution in [-0.2, 0) is 9.05 Å². The molecule has 4 nitrogen and oxygen atoms in total. The molecule has 1 rings (SSSR count). The largest absolute Gasteiger partial charge is 0.348 e. The molecule has 0 radical (unpaired) electrons. The van der Waals surface area contributed by atoms with E-state index in [2.05, 4.69) is 11.2 Å². The standard InChI is InChI=1S/C13H14ClNO3S/c1-3-5-11(4-2)15-13(16)10-6-8-12(9-7-10)19(14,17)18/h1,6-9,11H,4-5H2,2H3,(H,15,16). The van der Waals surface area contributed by atoms with E-state index in [4.69, 9.17) is 17.1 Å². The highest BCUT2D eigenvalue weighted by atomic mass is 35.7. The van der Waals surface area contributed by atoms with Crippen LogP contribution < -0.4 is 5.32 Å². The molecule has 0 aliphatic rings. The highest BCUT2D eigenvalue weighted by molar-refractivity contribution is 8.13. The Labute approximate surface area is 117 Å². The third kappa shape index (κ3) is 4.58. The van der Waals surface area contributed by atoms with Gasteiger partial charge in [-0.1, -0.05) is 6.92 Å². The van der Waals surface area contributed by atoms with E-state index in [0.717, 1.165) is 6.42 Å². The van der Waals surface area contributed by atoms with Gasteiger partial charge < -0.3 is 5.32 Å². The van der Waals surface area contributed by atoms with Gasteiger partial charge in [-0.3, -0.25) is 4.79 Å². The molecule has 1 N–H and O–H groups in total. The Bertz CT molecular complexity index is 587. The fraction of sp³-hybridized carbons (Fsp3) is 0.308. The molecule has 1 aromatic rings. The summed E-state index contributed by atoms with van der Waals surface area (Å²) in [5, 5.41) is 2.78. The second kappa shape index (κ2) is 6.60. The molecule has 0 fully saturated rings. The number of hydrogen-bond donors (Lipinski definition) is 1. The number of carbonyl (C=O) groups excluding carboxylic acids is 1. The van der Waals surface area contributed by atoms with E-state index in [9.17, 15) is 13.2 Å². The zero-order chi connectivity index (χ0) is 14.5. The minimum absolute atomic E-state index is 0.0404. The van der Waals surface area contributed by atoms with Crippen molar-refractivity contribution in [2.24, 2.45) is 0 Å². The summed E-state index contributed by atoms with van der Waals surface area (Å²) < 4.78 is 22.1. The lowest BCUT2D eigenvalue weighted by Gasteiger charge is -2.14. The van der Waals surface area contributed by atoms with E-state index < -0.39 is 9.05 Å². The van der Waals surface area contributed by atoms with Crippen molar-refractivity contribution in [2.45, 2.75) is 30.7 Å². The molecular formula is C13H14ClNO3S. The van der Waals surface area contributed by atoms with Gasteiger partial charge in [0.05, 0.1) is 4.90 Å². The summed E-state index contributed by atoms with van der Waals surface area (Å²) >= 11 is 0. The Morgan fingerprint density at radius 1 is 1.42 bits per heavy atom. The third-order valence-electron chi connectivity index (χ3n) is 2.59. The fourth-order valence-corrected chi connectivity index (χ4v) is 2.25. The van der Waals surface area contributed by atoms with E-state index in [1.807, 2.05) is 6.92 Å². The van der Waals surface area contributed by atoms with Crippen LogP contribution in [0.5, 0.6) is 0 Å². The smallest absolute Gasteiger partial charge is 0.261 e. The second-order valence-electron chi connectivity index (χ2n) is 3.95. The van der Waals surface area contributed by atoms with Gasteiger partial charge in [-0.25, -0.2) is 8.42 Å². The summed E-state index contributed by atoms with van der Waals surface area (Å²) in [7, 11) is 1.42. The summed E-state index contributed by atoms with van der Waals surface area (Å²) in [5.74, 6) is 2.20. The molecule has 0 aliphatic heterocycles. The van der Waals surface area contributed by atoms with E-state index in [-0.39, 0.29) is 16.8 Å². The van der Waals surface area contributed by atoms with E-state index in [1.54, 1.807) is 0 Å².